The van der Waals surface area contributed by atoms with Crippen molar-refractivity contribution in [3.05, 3.63) is 81.9 Å². The van der Waals surface area contributed by atoms with E-state index < -0.39 is 23.7 Å². The Bertz CT molecular complexity index is 1610. The van der Waals surface area contributed by atoms with E-state index in [1.165, 1.54) is 25.2 Å². The van der Waals surface area contributed by atoms with Crippen LogP contribution in [0.1, 0.15) is 45.0 Å². The number of esters is 1. The summed E-state index contributed by atoms with van der Waals surface area (Å²) in [6, 6.07) is 8.95. The van der Waals surface area contributed by atoms with Gasteiger partial charge in [-0.1, -0.05) is 24.0 Å². The minimum atomic E-state index is -1.12. The van der Waals surface area contributed by atoms with Crippen molar-refractivity contribution in [2.24, 2.45) is 0 Å². The summed E-state index contributed by atoms with van der Waals surface area (Å²) >= 11 is 0.913. The fourth-order valence-electron chi connectivity index (χ4n) is 4.97. The quantitative estimate of drug-likeness (QED) is 0.133. The molecule has 1 saturated heterocycles. The molecule has 212 valence electrons. The predicted octanol–water partition coefficient (Wildman–Crippen LogP) is 4.76. The first-order valence-corrected chi connectivity index (χ1v) is 13.6. The zero-order valence-corrected chi connectivity index (χ0v) is 23.7. The van der Waals surface area contributed by atoms with Gasteiger partial charge < -0.3 is 24.1 Å². The molecule has 2 aliphatic rings. The Kier molecular flexibility index (Phi) is 7.55. The highest BCUT2D eigenvalue weighted by Crippen LogP contribution is 2.47. The van der Waals surface area contributed by atoms with Crippen LogP contribution >= 0.6 is 11.3 Å². The molecule has 0 spiro atoms. The van der Waals surface area contributed by atoms with E-state index in [2.05, 4.69) is 11.6 Å². The second-order valence-corrected chi connectivity index (χ2v) is 10.5. The first-order valence-electron chi connectivity index (χ1n) is 12.8. The van der Waals surface area contributed by atoms with E-state index in [-0.39, 0.29) is 34.1 Å². The zero-order chi connectivity index (χ0) is 29.4. The van der Waals surface area contributed by atoms with Crippen LogP contribution < -0.4 is 19.1 Å². The second kappa shape index (κ2) is 11.1. The third kappa shape index (κ3) is 4.93. The van der Waals surface area contributed by atoms with E-state index in [9.17, 15) is 19.5 Å². The van der Waals surface area contributed by atoms with Crippen molar-refractivity contribution in [2.45, 2.75) is 32.4 Å². The number of Topliss-reactive ketones (excluding diaryl/α,β-unsaturated/α-hetero) is 1. The number of amides is 1. The van der Waals surface area contributed by atoms with Gasteiger partial charge in [0, 0.05) is 23.6 Å². The lowest BCUT2D eigenvalue weighted by atomic mass is 9.94. The molecule has 0 aliphatic carbocycles. The molecule has 2 aliphatic heterocycles. The second-order valence-electron chi connectivity index (χ2n) is 9.53. The Morgan fingerprint density at radius 1 is 1.22 bits per heavy atom. The number of hydrogen-bond acceptors (Lipinski definition) is 10. The van der Waals surface area contributed by atoms with Gasteiger partial charge in [-0.25, -0.2) is 9.78 Å². The van der Waals surface area contributed by atoms with Crippen LogP contribution in [-0.2, 0) is 20.7 Å². The summed E-state index contributed by atoms with van der Waals surface area (Å²) in [5.74, 6) is -1.27. The highest BCUT2D eigenvalue weighted by molar-refractivity contribution is 7.17. The number of rotatable bonds is 8. The van der Waals surface area contributed by atoms with Crippen LogP contribution in [0.15, 0.2) is 54.6 Å². The normalized spacial score (nSPS) is 19.1. The lowest BCUT2D eigenvalue weighted by molar-refractivity contribution is -0.132. The molecule has 1 N–H and O–H groups in total. The number of thiazole rings is 1. The van der Waals surface area contributed by atoms with Crippen LogP contribution in [0.3, 0.4) is 0 Å². The number of methoxy groups -OCH3 is 2. The van der Waals surface area contributed by atoms with E-state index in [1.807, 2.05) is 6.92 Å². The maximum absolute atomic E-state index is 13.6. The van der Waals surface area contributed by atoms with E-state index in [0.717, 1.165) is 16.9 Å². The largest absolute Gasteiger partial charge is 0.507 e. The number of anilines is 1. The van der Waals surface area contributed by atoms with E-state index >= 15 is 0 Å². The molecule has 2 aromatic carbocycles. The minimum Gasteiger partial charge on any atom is -0.507 e. The molecule has 0 bridgehead atoms. The molecule has 3 aromatic rings. The third-order valence-electron chi connectivity index (χ3n) is 6.86. The number of fused-ring (bicyclic) bond motifs is 1. The number of ketones is 1. The van der Waals surface area contributed by atoms with Crippen molar-refractivity contribution in [3.8, 4) is 17.2 Å². The van der Waals surface area contributed by atoms with Crippen LogP contribution in [0.5, 0.6) is 17.2 Å². The minimum absolute atomic E-state index is 0.00363. The van der Waals surface area contributed by atoms with Crippen LogP contribution in [0.4, 0.5) is 5.13 Å². The Morgan fingerprint density at radius 3 is 2.71 bits per heavy atom. The number of nitrogens with zero attached hydrogens (tertiary/aromatic N) is 2. The fraction of sp³-hybridized carbons (Fsp3) is 0.267. The highest BCUT2D eigenvalue weighted by atomic mass is 32.1. The SMILES string of the molecule is C=CCOC(=O)c1sc(N2C(=O)C(=O)C(=C(O)c3ccc4c(c3)CC(C)O4)C2c2ccc(OC)cc2OC)nc1C. The van der Waals surface area contributed by atoms with Gasteiger partial charge in [-0.2, -0.15) is 0 Å². The first kappa shape index (κ1) is 27.9. The molecule has 1 fully saturated rings. The molecule has 0 radical (unpaired) electrons. The summed E-state index contributed by atoms with van der Waals surface area (Å²) in [6.07, 6.45) is 2.07. The maximum Gasteiger partial charge on any atom is 0.350 e. The summed E-state index contributed by atoms with van der Waals surface area (Å²) in [5, 5.41) is 11.7. The summed E-state index contributed by atoms with van der Waals surface area (Å²) in [7, 11) is 2.96. The maximum atomic E-state index is 13.6. The zero-order valence-electron chi connectivity index (χ0n) is 22.9. The number of aliphatic hydroxyl groups is 1. The smallest absolute Gasteiger partial charge is 0.350 e. The van der Waals surface area contributed by atoms with Gasteiger partial charge in [0.2, 0.25) is 0 Å². The number of ether oxygens (including phenoxy) is 4. The molecule has 0 saturated carbocycles. The summed E-state index contributed by atoms with van der Waals surface area (Å²) in [5.41, 5.74) is 1.84. The van der Waals surface area contributed by atoms with Gasteiger partial charge in [-0.05, 0) is 49.7 Å². The molecule has 10 nitrogen and oxygen atoms in total. The molecule has 5 rings (SSSR count). The van der Waals surface area contributed by atoms with E-state index in [0.29, 0.717) is 40.5 Å². The number of carbonyl (C=O) groups excluding carboxylic acids is 3. The lowest BCUT2D eigenvalue weighted by Crippen LogP contribution is -2.29. The summed E-state index contributed by atoms with van der Waals surface area (Å²) < 4.78 is 21.9. The Balaban J connectivity index is 1.69. The topological polar surface area (TPSA) is 124 Å². The highest BCUT2D eigenvalue weighted by Gasteiger charge is 2.49. The molecular weight excluding hydrogens is 548 g/mol. The average molecular weight is 577 g/mol. The van der Waals surface area contributed by atoms with Gasteiger partial charge in [-0.3, -0.25) is 14.5 Å². The first-order chi connectivity index (χ1) is 19.7. The van der Waals surface area contributed by atoms with Crippen LogP contribution in [-0.4, -0.2) is 54.7 Å². The molecule has 41 heavy (non-hydrogen) atoms. The molecule has 1 amide bonds. The van der Waals surface area contributed by atoms with Gasteiger partial charge in [-0.15, -0.1) is 0 Å². The van der Waals surface area contributed by atoms with Crippen molar-refractivity contribution < 1.29 is 38.4 Å². The molecule has 2 atom stereocenters. The van der Waals surface area contributed by atoms with E-state index in [1.54, 1.807) is 43.3 Å². The molecule has 1 aromatic heterocycles. The van der Waals surface area contributed by atoms with Crippen molar-refractivity contribution in [1.29, 1.82) is 0 Å². The molecular formula is C30H28N2O8S. The van der Waals surface area contributed by atoms with Gasteiger partial charge in [0.15, 0.2) is 5.13 Å². The number of hydrogen-bond donors (Lipinski definition) is 1. The van der Waals surface area contributed by atoms with Crippen LogP contribution in [0, 0.1) is 6.92 Å². The van der Waals surface area contributed by atoms with Crippen molar-refractivity contribution in [1.82, 2.24) is 4.98 Å². The van der Waals surface area contributed by atoms with Crippen molar-refractivity contribution in [2.75, 3.05) is 25.7 Å². The van der Waals surface area contributed by atoms with Gasteiger partial charge in [0.1, 0.15) is 46.6 Å². The Labute approximate surface area is 240 Å². The van der Waals surface area contributed by atoms with Crippen molar-refractivity contribution in [3.63, 3.8) is 0 Å². The number of carbonyl (C=O) groups is 3. The molecule has 2 unspecified atom stereocenters. The number of aromatic nitrogens is 1. The summed E-state index contributed by atoms with van der Waals surface area (Å²) in [6.45, 7) is 7.10. The summed E-state index contributed by atoms with van der Waals surface area (Å²) in [4.78, 5) is 45.7. The molecule has 3 heterocycles. The molecule has 11 heteroatoms. The lowest BCUT2D eigenvalue weighted by Gasteiger charge is -2.25. The number of aryl methyl sites for hydroxylation is 1. The average Bonchev–Trinajstić information content (AvgIpc) is 3.62. The monoisotopic (exact) mass is 576 g/mol. The Morgan fingerprint density at radius 2 is 2.00 bits per heavy atom. The standard InChI is InChI=1S/C30H28N2O8S/c1-6-11-39-29(36)27-16(3)31-30(41-27)32-24(20-9-8-19(37-4)14-22(20)38-5)23(26(34)28(32)35)25(33)17-7-10-21-18(13-17)12-15(2)40-21/h6-10,13-15,24,33H,1,11-12H2,2-5H3. The Hall–Kier alpha value is -4.64. The number of aliphatic hydroxyl groups excluding tert-OH is 1. The van der Waals surface area contributed by atoms with Crippen molar-refractivity contribution >= 4 is 39.9 Å². The number of benzene rings is 2. The predicted molar refractivity (Wildman–Crippen MR) is 152 cm³/mol. The van der Waals surface area contributed by atoms with Gasteiger partial charge in [0.25, 0.3) is 5.78 Å². The fourth-order valence-corrected chi connectivity index (χ4v) is 5.96. The third-order valence-corrected chi connectivity index (χ3v) is 7.99. The van der Waals surface area contributed by atoms with Crippen LogP contribution in [0.25, 0.3) is 5.76 Å². The van der Waals surface area contributed by atoms with Crippen LogP contribution in [0.2, 0.25) is 0 Å². The van der Waals surface area contributed by atoms with Gasteiger partial charge in [0.05, 0.1) is 25.5 Å². The van der Waals surface area contributed by atoms with E-state index in [4.69, 9.17) is 18.9 Å². The van der Waals surface area contributed by atoms with Gasteiger partial charge >= 0.3 is 11.9 Å².